The molecule has 0 radical (unpaired) electrons. The van der Waals surface area contributed by atoms with Gasteiger partial charge in [0, 0.05) is 5.56 Å². The average Bonchev–Trinajstić information content (AvgIpc) is 2.31. The fraction of sp³-hybridized carbons (Fsp3) is 0.333. The van der Waals surface area contributed by atoms with Crippen molar-refractivity contribution in [3.8, 4) is 11.8 Å². The first kappa shape index (κ1) is 13.0. The molecule has 1 rings (SSSR count). The molecule has 17 heavy (non-hydrogen) atoms. The summed E-state index contributed by atoms with van der Waals surface area (Å²) in [7, 11) is 1.32. The molecule has 0 bridgehead atoms. The number of halogens is 1. The lowest BCUT2D eigenvalue weighted by Gasteiger charge is -2.10. The van der Waals surface area contributed by atoms with Crippen LogP contribution in [0.15, 0.2) is 12.1 Å². The molecule has 0 aliphatic carbocycles. The lowest BCUT2D eigenvalue weighted by Crippen LogP contribution is -2.10. The van der Waals surface area contributed by atoms with Crippen LogP contribution in [0.2, 0.25) is 0 Å². The van der Waals surface area contributed by atoms with Crippen LogP contribution >= 0.6 is 0 Å². The fourth-order valence-corrected chi connectivity index (χ4v) is 1.45. The predicted molar refractivity (Wildman–Crippen MR) is 58.0 cm³/mol. The molecule has 0 saturated heterocycles. The van der Waals surface area contributed by atoms with Crippen molar-refractivity contribution < 1.29 is 18.7 Å². The van der Waals surface area contributed by atoms with E-state index in [2.05, 4.69) is 0 Å². The zero-order chi connectivity index (χ0) is 12.8. The van der Waals surface area contributed by atoms with Crippen molar-refractivity contribution in [1.82, 2.24) is 0 Å². The highest BCUT2D eigenvalue weighted by molar-refractivity contribution is 5.74. The Kier molecular flexibility index (Phi) is 4.46. The van der Waals surface area contributed by atoms with Crippen molar-refractivity contribution in [3.05, 3.63) is 29.1 Å². The predicted octanol–water partition coefficient (Wildman–Crippen LogP) is 1.81. The maximum absolute atomic E-state index is 13.6. The second kappa shape index (κ2) is 5.85. The molecular formula is C12H12FNO3. The number of benzene rings is 1. The second-order valence-electron chi connectivity index (χ2n) is 3.20. The number of rotatable bonds is 4. The van der Waals surface area contributed by atoms with E-state index < -0.39 is 11.8 Å². The smallest absolute Gasteiger partial charge is 0.310 e. The van der Waals surface area contributed by atoms with Crippen LogP contribution in [0.1, 0.15) is 18.1 Å². The molecule has 1 aromatic carbocycles. The first-order chi connectivity index (χ1) is 8.13. The van der Waals surface area contributed by atoms with E-state index in [0.717, 1.165) is 6.07 Å². The monoisotopic (exact) mass is 237 g/mol. The summed E-state index contributed by atoms with van der Waals surface area (Å²) in [6.07, 6.45) is -0.252. The molecule has 0 atom stereocenters. The highest BCUT2D eigenvalue weighted by Crippen LogP contribution is 2.26. The Morgan fingerprint density at radius 2 is 2.24 bits per heavy atom. The summed E-state index contributed by atoms with van der Waals surface area (Å²) >= 11 is 0. The van der Waals surface area contributed by atoms with Crippen molar-refractivity contribution >= 4 is 5.97 Å². The van der Waals surface area contributed by atoms with Crippen LogP contribution in [0, 0.1) is 17.1 Å². The van der Waals surface area contributed by atoms with Gasteiger partial charge in [-0.05, 0) is 19.1 Å². The number of carbonyl (C=O) groups is 1. The summed E-state index contributed by atoms with van der Waals surface area (Å²) in [6, 6.07) is 4.32. The van der Waals surface area contributed by atoms with Gasteiger partial charge in [0.1, 0.15) is 17.6 Å². The second-order valence-corrected chi connectivity index (χ2v) is 3.20. The molecule has 1 aromatic rings. The molecule has 0 amide bonds. The van der Waals surface area contributed by atoms with Gasteiger partial charge in [-0.1, -0.05) is 0 Å². The maximum Gasteiger partial charge on any atom is 0.310 e. The van der Waals surface area contributed by atoms with E-state index in [0.29, 0.717) is 0 Å². The summed E-state index contributed by atoms with van der Waals surface area (Å²) in [4.78, 5) is 11.3. The van der Waals surface area contributed by atoms with Crippen molar-refractivity contribution in [1.29, 1.82) is 5.26 Å². The van der Waals surface area contributed by atoms with Gasteiger partial charge in [0.15, 0.2) is 0 Å². The SMILES string of the molecule is CCOC(=O)Cc1c(F)ccc(C#N)c1OC. The van der Waals surface area contributed by atoms with E-state index in [1.807, 2.05) is 6.07 Å². The third-order valence-corrected chi connectivity index (χ3v) is 2.15. The number of hydrogen-bond donors (Lipinski definition) is 0. The van der Waals surface area contributed by atoms with E-state index in [1.165, 1.54) is 13.2 Å². The molecule has 0 aromatic heterocycles. The Labute approximate surface area is 98.6 Å². The van der Waals surface area contributed by atoms with Crippen molar-refractivity contribution in [3.63, 3.8) is 0 Å². The zero-order valence-electron chi connectivity index (χ0n) is 9.62. The molecular weight excluding hydrogens is 225 g/mol. The first-order valence-electron chi connectivity index (χ1n) is 5.05. The largest absolute Gasteiger partial charge is 0.495 e. The van der Waals surface area contributed by atoms with E-state index in [1.54, 1.807) is 6.92 Å². The van der Waals surface area contributed by atoms with Crippen molar-refractivity contribution in [2.24, 2.45) is 0 Å². The van der Waals surface area contributed by atoms with Gasteiger partial charge >= 0.3 is 5.97 Å². The Morgan fingerprint density at radius 3 is 2.76 bits per heavy atom. The van der Waals surface area contributed by atoms with Crippen LogP contribution in [0.5, 0.6) is 5.75 Å². The van der Waals surface area contributed by atoms with Crippen molar-refractivity contribution in [2.45, 2.75) is 13.3 Å². The van der Waals surface area contributed by atoms with E-state index in [4.69, 9.17) is 14.7 Å². The minimum Gasteiger partial charge on any atom is -0.495 e. The van der Waals surface area contributed by atoms with Gasteiger partial charge in [0.05, 0.1) is 25.7 Å². The number of nitriles is 1. The highest BCUT2D eigenvalue weighted by Gasteiger charge is 2.17. The third-order valence-electron chi connectivity index (χ3n) is 2.15. The molecule has 4 nitrogen and oxygen atoms in total. The van der Waals surface area contributed by atoms with Crippen LogP contribution in [0.3, 0.4) is 0 Å². The Balaban J connectivity index is 3.13. The standard InChI is InChI=1S/C12H12FNO3/c1-3-17-11(15)6-9-10(13)5-4-8(7-14)12(9)16-2/h4-5H,3,6H2,1-2H3. The lowest BCUT2D eigenvalue weighted by atomic mass is 10.1. The summed E-state index contributed by atoms with van der Waals surface area (Å²) in [5.74, 6) is -1.06. The van der Waals surface area contributed by atoms with Gasteiger partial charge in [-0.25, -0.2) is 4.39 Å². The summed E-state index contributed by atoms with van der Waals surface area (Å²) in [6.45, 7) is 1.89. The van der Waals surface area contributed by atoms with Crippen LogP contribution in [-0.2, 0) is 16.0 Å². The minimum atomic E-state index is -0.589. The van der Waals surface area contributed by atoms with Gasteiger partial charge in [-0.3, -0.25) is 4.79 Å². The van der Waals surface area contributed by atoms with Crippen LogP contribution in [-0.4, -0.2) is 19.7 Å². The van der Waals surface area contributed by atoms with Gasteiger partial charge in [0.2, 0.25) is 0 Å². The molecule has 0 heterocycles. The quantitative estimate of drug-likeness (QED) is 0.749. The molecule has 0 aliphatic rings. The van der Waals surface area contributed by atoms with E-state index in [9.17, 15) is 9.18 Å². The summed E-state index contributed by atoms with van der Waals surface area (Å²) in [5.41, 5.74) is 0.234. The van der Waals surface area contributed by atoms with Gasteiger partial charge in [-0.2, -0.15) is 5.26 Å². The normalized spacial score (nSPS) is 9.53. The number of nitrogens with zero attached hydrogens (tertiary/aromatic N) is 1. The fourth-order valence-electron chi connectivity index (χ4n) is 1.45. The minimum absolute atomic E-state index is 0.0463. The van der Waals surface area contributed by atoms with Crippen molar-refractivity contribution in [2.75, 3.05) is 13.7 Å². The number of esters is 1. The number of hydrogen-bond acceptors (Lipinski definition) is 4. The molecule has 0 saturated carbocycles. The summed E-state index contributed by atoms with van der Waals surface area (Å²) in [5, 5.41) is 8.83. The average molecular weight is 237 g/mol. The number of carbonyl (C=O) groups excluding carboxylic acids is 1. The maximum atomic E-state index is 13.6. The number of ether oxygens (including phenoxy) is 2. The molecule has 0 N–H and O–H groups in total. The molecule has 0 aliphatic heterocycles. The molecule has 0 unspecified atom stereocenters. The topological polar surface area (TPSA) is 59.3 Å². The third kappa shape index (κ3) is 2.94. The first-order valence-corrected chi connectivity index (χ1v) is 5.05. The van der Waals surface area contributed by atoms with Crippen LogP contribution < -0.4 is 4.74 Å². The van der Waals surface area contributed by atoms with E-state index in [-0.39, 0.29) is 29.9 Å². The number of methoxy groups -OCH3 is 1. The molecule has 0 spiro atoms. The molecule has 5 heteroatoms. The zero-order valence-corrected chi connectivity index (χ0v) is 9.62. The van der Waals surface area contributed by atoms with E-state index >= 15 is 0 Å². The highest BCUT2D eigenvalue weighted by atomic mass is 19.1. The van der Waals surface area contributed by atoms with Crippen LogP contribution in [0.4, 0.5) is 4.39 Å². The van der Waals surface area contributed by atoms with Gasteiger partial charge in [0.25, 0.3) is 0 Å². The Morgan fingerprint density at radius 1 is 1.53 bits per heavy atom. The lowest BCUT2D eigenvalue weighted by molar-refractivity contribution is -0.142. The van der Waals surface area contributed by atoms with Gasteiger partial charge < -0.3 is 9.47 Å². The Hall–Kier alpha value is -2.09. The Bertz CT molecular complexity index is 466. The van der Waals surface area contributed by atoms with Gasteiger partial charge in [-0.15, -0.1) is 0 Å². The molecule has 0 fully saturated rings. The molecule has 90 valence electrons. The van der Waals surface area contributed by atoms with Crippen LogP contribution in [0.25, 0.3) is 0 Å². The summed E-state index contributed by atoms with van der Waals surface area (Å²) < 4.78 is 23.2.